The lowest BCUT2D eigenvalue weighted by atomic mass is 10.0. The molecule has 3 unspecified atom stereocenters. The fourth-order valence-corrected chi connectivity index (χ4v) is 7.96. The van der Waals surface area contributed by atoms with E-state index in [4.69, 9.17) is 4.74 Å². The van der Waals surface area contributed by atoms with E-state index in [1.807, 2.05) is 0 Å². The number of esters is 1. The summed E-state index contributed by atoms with van der Waals surface area (Å²) >= 11 is 0. The predicted molar refractivity (Wildman–Crippen MR) is 264 cm³/mol. The molecule has 61 heavy (non-hydrogen) atoms. The van der Waals surface area contributed by atoms with Crippen LogP contribution in [0.25, 0.3) is 0 Å². The second-order valence-corrected chi connectivity index (χ2v) is 17.9. The lowest BCUT2D eigenvalue weighted by Crippen LogP contribution is -2.46. The predicted octanol–water partition coefficient (Wildman–Crippen LogP) is 15.8. The Labute approximate surface area is 378 Å². The van der Waals surface area contributed by atoms with E-state index >= 15 is 0 Å². The average Bonchev–Trinajstić information content (AvgIpc) is 3.25. The fraction of sp³-hybridized carbons (Fsp3) is 0.818. The van der Waals surface area contributed by atoms with Crippen molar-refractivity contribution >= 4 is 11.9 Å². The van der Waals surface area contributed by atoms with Gasteiger partial charge in [0.25, 0.3) is 0 Å². The number of aliphatic hydroxyl groups excluding tert-OH is 2. The number of carbonyl (C=O) groups excluding carboxylic acids is 2. The molecular formula is C55H101NO5. The van der Waals surface area contributed by atoms with Gasteiger partial charge in [0.15, 0.2) is 0 Å². The average molecular weight is 856 g/mol. The number of unbranched alkanes of at least 4 members (excludes halogenated alkanes) is 27. The van der Waals surface area contributed by atoms with Crippen molar-refractivity contribution in [3.8, 4) is 0 Å². The Kier molecular flexibility index (Phi) is 47.1. The first-order valence-corrected chi connectivity index (χ1v) is 26.4. The quantitative estimate of drug-likeness (QED) is 0.0322. The van der Waals surface area contributed by atoms with Crippen LogP contribution in [0.4, 0.5) is 0 Å². The maximum atomic E-state index is 13.2. The van der Waals surface area contributed by atoms with Gasteiger partial charge in [-0.2, -0.15) is 0 Å². The minimum atomic E-state index is -0.800. The van der Waals surface area contributed by atoms with E-state index in [1.54, 1.807) is 0 Å². The van der Waals surface area contributed by atoms with Gasteiger partial charge in [-0.25, -0.2) is 0 Å². The molecule has 6 heteroatoms. The SMILES string of the molecule is CC/C=C/C/C=C/C/C=C/C/C=C/CCCC(CC(=O)NC(CO)C(O)CCCCCCCCCCCCC)OC(=O)CCCCCCCCCCCCCCCCCCC. The molecule has 3 atom stereocenters. The molecule has 3 N–H and O–H groups in total. The van der Waals surface area contributed by atoms with Crippen LogP contribution in [0.1, 0.15) is 265 Å². The third-order valence-electron chi connectivity index (χ3n) is 11.9. The van der Waals surface area contributed by atoms with E-state index in [9.17, 15) is 19.8 Å². The molecule has 0 saturated carbocycles. The van der Waals surface area contributed by atoms with Crippen molar-refractivity contribution in [2.75, 3.05) is 6.61 Å². The van der Waals surface area contributed by atoms with Crippen LogP contribution in [0.5, 0.6) is 0 Å². The first-order valence-electron chi connectivity index (χ1n) is 26.4. The minimum Gasteiger partial charge on any atom is -0.462 e. The second kappa shape index (κ2) is 48.8. The molecule has 0 bridgehead atoms. The molecule has 0 fully saturated rings. The number of nitrogens with one attached hydrogen (secondary N) is 1. The molecule has 0 saturated heterocycles. The van der Waals surface area contributed by atoms with Gasteiger partial charge in [-0.1, -0.05) is 243 Å². The van der Waals surface area contributed by atoms with Crippen molar-refractivity contribution < 1.29 is 24.5 Å². The Hall–Kier alpha value is -2.18. The number of aliphatic hydroxyl groups is 2. The zero-order valence-corrected chi connectivity index (χ0v) is 40.5. The summed E-state index contributed by atoms with van der Waals surface area (Å²) in [4.78, 5) is 26.1. The van der Waals surface area contributed by atoms with Crippen LogP contribution in [0.3, 0.4) is 0 Å². The summed E-state index contributed by atoms with van der Waals surface area (Å²) in [6.45, 7) is 6.36. The number of rotatable bonds is 47. The molecule has 0 aromatic heterocycles. The van der Waals surface area contributed by atoms with Crippen LogP contribution >= 0.6 is 0 Å². The van der Waals surface area contributed by atoms with Crippen molar-refractivity contribution in [1.82, 2.24) is 5.32 Å². The smallest absolute Gasteiger partial charge is 0.306 e. The highest BCUT2D eigenvalue weighted by molar-refractivity contribution is 5.77. The van der Waals surface area contributed by atoms with Gasteiger partial charge in [0.2, 0.25) is 5.91 Å². The minimum absolute atomic E-state index is 0.0423. The molecule has 0 heterocycles. The molecular weight excluding hydrogens is 755 g/mol. The maximum Gasteiger partial charge on any atom is 0.306 e. The molecule has 0 spiro atoms. The molecule has 0 aliphatic rings. The molecule has 0 rings (SSSR count). The van der Waals surface area contributed by atoms with Crippen LogP contribution in [0, 0.1) is 0 Å². The lowest BCUT2D eigenvalue weighted by molar-refractivity contribution is -0.151. The van der Waals surface area contributed by atoms with Crippen LogP contribution in [-0.2, 0) is 14.3 Å². The van der Waals surface area contributed by atoms with Crippen LogP contribution in [-0.4, -0.2) is 46.9 Å². The van der Waals surface area contributed by atoms with Gasteiger partial charge < -0.3 is 20.3 Å². The summed E-state index contributed by atoms with van der Waals surface area (Å²) in [5.74, 6) is -0.520. The summed E-state index contributed by atoms with van der Waals surface area (Å²) in [5, 5.41) is 23.7. The van der Waals surface area contributed by atoms with Gasteiger partial charge >= 0.3 is 5.97 Å². The van der Waals surface area contributed by atoms with Gasteiger partial charge in [-0.3, -0.25) is 9.59 Å². The van der Waals surface area contributed by atoms with Gasteiger partial charge in [0.05, 0.1) is 25.2 Å². The zero-order valence-electron chi connectivity index (χ0n) is 40.5. The van der Waals surface area contributed by atoms with E-state index in [1.165, 1.54) is 141 Å². The summed E-state index contributed by atoms with van der Waals surface area (Å²) in [7, 11) is 0. The molecule has 6 nitrogen and oxygen atoms in total. The topological polar surface area (TPSA) is 95.9 Å². The molecule has 0 aromatic rings. The Morgan fingerprint density at radius 2 is 0.885 bits per heavy atom. The number of ether oxygens (including phenoxy) is 1. The molecule has 0 aliphatic heterocycles. The standard InChI is InChI=1S/C55H101NO5/c1-4-7-10-13-16-19-22-24-26-27-28-30-33-36-39-42-45-48-55(60)61-51(46-43-40-37-34-32-29-25-23-20-17-14-11-8-5-2)49-54(59)56-52(50-57)53(58)47-44-41-38-35-31-21-18-15-12-9-6-3/h8,11,17,20,25,29,34,37,51-53,57-58H,4-7,9-10,12-16,18-19,21-24,26-28,30-33,35-36,38-50H2,1-3H3,(H,56,59)/b11-8+,20-17+,29-25+,37-34+. The monoisotopic (exact) mass is 856 g/mol. The molecule has 0 radical (unpaired) electrons. The van der Waals surface area contributed by atoms with Gasteiger partial charge in [0, 0.05) is 6.42 Å². The van der Waals surface area contributed by atoms with E-state index in [0.29, 0.717) is 19.3 Å². The molecule has 0 aliphatic carbocycles. The Balaban J connectivity index is 4.61. The van der Waals surface area contributed by atoms with E-state index in [0.717, 1.165) is 77.0 Å². The highest BCUT2D eigenvalue weighted by Gasteiger charge is 2.24. The highest BCUT2D eigenvalue weighted by atomic mass is 16.5. The third kappa shape index (κ3) is 44.2. The highest BCUT2D eigenvalue weighted by Crippen LogP contribution is 2.18. The normalized spacial score (nSPS) is 13.6. The maximum absolute atomic E-state index is 13.2. The molecule has 0 aromatic carbocycles. The van der Waals surface area contributed by atoms with Crippen LogP contribution in [0.15, 0.2) is 48.6 Å². The summed E-state index contributed by atoms with van der Waals surface area (Å²) in [6, 6.07) is -0.716. The zero-order chi connectivity index (χ0) is 44.5. The van der Waals surface area contributed by atoms with Crippen molar-refractivity contribution in [2.45, 2.75) is 283 Å². The van der Waals surface area contributed by atoms with Crippen molar-refractivity contribution in [2.24, 2.45) is 0 Å². The first kappa shape index (κ1) is 58.8. The van der Waals surface area contributed by atoms with Crippen LogP contribution in [0.2, 0.25) is 0 Å². The third-order valence-corrected chi connectivity index (χ3v) is 11.9. The number of carbonyl (C=O) groups is 2. The largest absolute Gasteiger partial charge is 0.462 e. The van der Waals surface area contributed by atoms with Gasteiger partial charge in [-0.15, -0.1) is 0 Å². The first-order chi connectivity index (χ1) is 30.0. The summed E-state index contributed by atoms with van der Waals surface area (Å²) in [5.41, 5.74) is 0. The number of hydrogen-bond donors (Lipinski definition) is 3. The molecule has 1 amide bonds. The summed E-state index contributed by atoms with van der Waals surface area (Å²) < 4.78 is 5.91. The van der Waals surface area contributed by atoms with Crippen molar-refractivity contribution in [3.05, 3.63) is 48.6 Å². The summed E-state index contributed by atoms with van der Waals surface area (Å²) in [6.07, 6.45) is 58.9. The Morgan fingerprint density at radius 1 is 0.492 bits per heavy atom. The van der Waals surface area contributed by atoms with E-state index in [2.05, 4.69) is 74.7 Å². The van der Waals surface area contributed by atoms with Crippen molar-refractivity contribution in [1.29, 1.82) is 0 Å². The molecule has 356 valence electrons. The Bertz CT molecular complexity index is 1050. The van der Waals surface area contributed by atoms with Gasteiger partial charge in [0.1, 0.15) is 6.10 Å². The van der Waals surface area contributed by atoms with Crippen LogP contribution < -0.4 is 5.32 Å². The van der Waals surface area contributed by atoms with Crippen molar-refractivity contribution in [3.63, 3.8) is 0 Å². The number of hydrogen-bond acceptors (Lipinski definition) is 5. The number of amides is 1. The Morgan fingerprint density at radius 3 is 1.31 bits per heavy atom. The number of allylic oxidation sites excluding steroid dienone is 8. The fourth-order valence-electron chi connectivity index (χ4n) is 7.96. The van der Waals surface area contributed by atoms with E-state index in [-0.39, 0.29) is 24.9 Å². The van der Waals surface area contributed by atoms with Gasteiger partial charge in [-0.05, 0) is 57.8 Å². The second-order valence-electron chi connectivity index (χ2n) is 17.9. The van der Waals surface area contributed by atoms with E-state index < -0.39 is 18.2 Å². The lowest BCUT2D eigenvalue weighted by Gasteiger charge is -2.24.